The monoisotopic (exact) mass is 379 g/mol. The Morgan fingerprint density at radius 1 is 1.07 bits per heavy atom. The number of aliphatic hydroxyl groups is 1. The van der Waals surface area contributed by atoms with E-state index in [9.17, 15) is 9.90 Å². The molecule has 3 aliphatic carbocycles. The SMILES string of the molecule is COCC(OC)C12c3ccccc3C(c3ccccc31)C1C2C(=O)N(C)[C@H]1O. The van der Waals surface area contributed by atoms with Crippen molar-refractivity contribution in [2.24, 2.45) is 11.8 Å². The Bertz CT molecular complexity index is 894. The maximum Gasteiger partial charge on any atom is 0.229 e. The zero-order chi connectivity index (χ0) is 19.6. The molecule has 5 heteroatoms. The highest BCUT2D eigenvalue weighted by atomic mass is 16.5. The van der Waals surface area contributed by atoms with Gasteiger partial charge in [-0.2, -0.15) is 0 Å². The van der Waals surface area contributed by atoms with Crippen molar-refractivity contribution in [1.82, 2.24) is 4.90 Å². The van der Waals surface area contributed by atoms with E-state index in [4.69, 9.17) is 9.47 Å². The summed E-state index contributed by atoms with van der Waals surface area (Å²) < 4.78 is 11.6. The van der Waals surface area contributed by atoms with E-state index >= 15 is 0 Å². The zero-order valence-corrected chi connectivity index (χ0v) is 16.3. The molecule has 2 aromatic rings. The summed E-state index contributed by atoms with van der Waals surface area (Å²) >= 11 is 0. The van der Waals surface area contributed by atoms with Crippen LogP contribution in [0.15, 0.2) is 48.5 Å². The van der Waals surface area contributed by atoms with Crippen LogP contribution in [0.2, 0.25) is 0 Å². The molecule has 1 fully saturated rings. The summed E-state index contributed by atoms with van der Waals surface area (Å²) in [7, 11) is 5.04. The second kappa shape index (κ2) is 6.14. The average molecular weight is 379 g/mol. The van der Waals surface area contributed by atoms with Crippen LogP contribution in [0.1, 0.15) is 28.2 Å². The number of aliphatic hydroxyl groups excluding tert-OH is 1. The number of amides is 1. The second-order valence-corrected chi connectivity index (χ2v) is 8.12. The third-order valence-corrected chi connectivity index (χ3v) is 7.21. The lowest BCUT2D eigenvalue weighted by molar-refractivity contribution is -0.137. The molecule has 4 aliphatic rings. The predicted molar refractivity (Wildman–Crippen MR) is 104 cm³/mol. The van der Waals surface area contributed by atoms with Crippen molar-refractivity contribution < 1.29 is 19.4 Å². The van der Waals surface area contributed by atoms with Crippen LogP contribution in [0.3, 0.4) is 0 Å². The zero-order valence-electron chi connectivity index (χ0n) is 16.3. The Morgan fingerprint density at radius 3 is 2.18 bits per heavy atom. The van der Waals surface area contributed by atoms with Crippen LogP contribution in [0.5, 0.6) is 0 Å². The van der Waals surface area contributed by atoms with Crippen molar-refractivity contribution in [3.05, 3.63) is 70.8 Å². The molecular weight excluding hydrogens is 354 g/mol. The van der Waals surface area contributed by atoms with Crippen LogP contribution >= 0.6 is 0 Å². The molecule has 1 heterocycles. The van der Waals surface area contributed by atoms with Crippen molar-refractivity contribution in [2.75, 3.05) is 27.9 Å². The molecule has 2 bridgehead atoms. The summed E-state index contributed by atoms with van der Waals surface area (Å²) in [4.78, 5) is 15.0. The number of carbonyl (C=O) groups excluding carboxylic acids is 1. The van der Waals surface area contributed by atoms with Gasteiger partial charge in [-0.25, -0.2) is 0 Å². The topological polar surface area (TPSA) is 59.0 Å². The molecule has 1 saturated heterocycles. The molecule has 4 atom stereocenters. The lowest BCUT2D eigenvalue weighted by Crippen LogP contribution is -2.61. The van der Waals surface area contributed by atoms with E-state index in [0.717, 1.165) is 11.1 Å². The average Bonchev–Trinajstić information content (AvgIpc) is 2.97. The summed E-state index contributed by atoms with van der Waals surface area (Å²) in [5, 5.41) is 11.1. The maximum absolute atomic E-state index is 13.5. The number of rotatable bonds is 4. The smallest absolute Gasteiger partial charge is 0.229 e. The molecule has 6 rings (SSSR count). The van der Waals surface area contributed by atoms with E-state index in [-0.39, 0.29) is 29.8 Å². The van der Waals surface area contributed by atoms with Gasteiger partial charge in [0.05, 0.1) is 24.0 Å². The Kier molecular flexibility index (Phi) is 3.92. The standard InChI is InChI=1S/C23H25NO4/c1-24-21(25)19-18-13-8-4-6-10-15(13)23(20(19)22(24)26,17(28-3)12-27-2)16-11-7-5-9-14(16)18/h4-11,17-21,25H,12H2,1-3H3/t17?,18?,19?,20?,21-,23?/m0/s1. The van der Waals surface area contributed by atoms with Gasteiger partial charge in [-0.05, 0) is 22.3 Å². The molecule has 0 radical (unpaired) electrons. The van der Waals surface area contributed by atoms with Gasteiger partial charge in [-0.3, -0.25) is 4.79 Å². The number of carbonyl (C=O) groups is 1. The molecule has 0 saturated carbocycles. The van der Waals surface area contributed by atoms with E-state index in [1.165, 1.54) is 16.0 Å². The molecule has 3 unspecified atom stereocenters. The van der Waals surface area contributed by atoms with Crippen LogP contribution < -0.4 is 0 Å². The molecule has 1 aliphatic heterocycles. The first-order valence-corrected chi connectivity index (χ1v) is 9.74. The second-order valence-electron chi connectivity index (χ2n) is 8.12. The summed E-state index contributed by atoms with van der Waals surface area (Å²) in [6.45, 7) is 0.361. The van der Waals surface area contributed by atoms with Crippen LogP contribution in [-0.2, 0) is 19.7 Å². The Balaban J connectivity index is 1.91. The highest BCUT2D eigenvalue weighted by Crippen LogP contribution is 2.66. The highest BCUT2D eigenvalue weighted by molar-refractivity contribution is 5.87. The lowest BCUT2D eigenvalue weighted by atomic mass is 9.45. The minimum Gasteiger partial charge on any atom is -0.382 e. The molecule has 5 nitrogen and oxygen atoms in total. The van der Waals surface area contributed by atoms with Gasteiger partial charge >= 0.3 is 0 Å². The Labute approximate surface area is 164 Å². The normalized spacial score (nSPS) is 33.4. The fraction of sp³-hybridized carbons (Fsp3) is 0.435. The van der Waals surface area contributed by atoms with E-state index in [2.05, 4.69) is 24.3 Å². The fourth-order valence-corrected chi connectivity index (χ4v) is 6.24. The number of hydrogen-bond acceptors (Lipinski definition) is 4. The first kappa shape index (κ1) is 17.9. The van der Waals surface area contributed by atoms with Gasteiger partial charge < -0.3 is 19.5 Å². The van der Waals surface area contributed by atoms with Crippen molar-refractivity contribution in [3.63, 3.8) is 0 Å². The van der Waals surface area contributed by atoms with Crippen LogP contribution in [0.25, 0.3) is 0 Å². The van der Waals surface area contributed by atoms with E-state index in [1.54, 1.807) is 21.3 Å². The molecule has 28 heavy (non-hydrogen) atoms. The minimum atomic E-state index is -0.816. The largest absolute Gasteiger partial charge is 0.382 e. The molecule has 0 spiro atoms. The minimum absolute atomic E-state index is 0.0109. The third kappa shape index (κ3) is 1.89. The molecule has 146 valence electrons. The van der Waals surface area contributed by atoms with Crippen molar-refractivity contribution in [2.45, 2.75) is 23.7 Å². The third-order valence-electron chi connectivity index (χ3n) is 7.21. The fourth-order valence-electron chi connectivity index (χ4n) is 6.24. The molecule has 2 aromatic carbocycles. The molecular formula is C23H25NO4. The number of nitrogens with zero attached hydrogens (tertiary/aromatic N) is 1. The first-order valence-electron chi connectivity index (χ1n) is 9.74. The number of ether oxygens (including phenoxy) is 2. The molecule has 1 amide bonds. The van der Waals surface area contributed by atoms with Crippen LogP contribution in [0, 0.1) is 11.8 Å². The van der Waals surface area contributed by atoms with Crippen molar-refractivity contribution >= 4 is 5.91 Å². The van der Waals surface area contributed by atoms with E-state index in [1.807, 2.05) is 24.3 Å². The van der Waals surface area contributed by atoms with E-state index < -0.39 is 11.6 Å². The molecule has 1 N–H and O–H groups in total. The van der Waals surface area contributed by atoms with Gasteiger partial charge in [-0.15, -0.1) is 0 Å². The van der Waals surface area contributed by atoms with Gasteiger partial charge in [0.25, 0.3) is 0 Å². The first-order chi connectivity index (χ1) is 13.6. The Hall–Kier alpha value is -2.21. The lowest BCUT2D eigenvalue weighted by Gasteiger charge is -2.57. The van der Waals surface area contributed by atoms with Gasteiger partial charge in [0.15, 0.2) is 0 Å². The summed E-state index contributed by atoms with van der Waals surface area (Å²) in [5.41, 5.74) is 3.92. The molecule has 0 aromatic heterocycles. The van der Waals surface area contributed by atoms with Crippen molar-refractivity contribution in [3.8, 4) is 0 Å². The summed E-state index contributed by atoms with van der Waals surface area (Å²) in [6.07, 6.45) is -1.17. The number of benzene rings is 2. The quantitative estimate of drug-likeness (QED) is 0.884. The Morgan fingerprint density at radius 2 is 1.64 bits per heavy atom. The number of methoxy groups -OCH3 is 2. The van der Waals surface area contributed by atoms with Crippen LogP contribution in [-0.4, -0.2) is 56.1 Å². The van der Waals surface area contributed by atoms with Gasteiger partial charge in [0.2, 0.25) is 5.91 Å². The summed E-state index contributed by atoms with van der Waals surface area (Å²) in [5.74, 6) is -0.632. The number of likely N-dealkylation sites (tertiary alicyclic amines) is 1. The van der Waals surface area contributed by atoms with Crippen molar-refractivity contribution in [1.29, 1.82) is 0 Å². The van der Waals surface area contributed by atoms with Crippen LogP contribution in [0.4, 0.5) is 0 Å². The highest BCUT2D eigenvalue weighted by Gasteiger charge is 2.69. The van der Waals surface area contributed by atoms with Gasteiger partial charge in [0, 0.05) is 33.1 Å². The maximum atomic E-state index is 13.5. The predicted octanol–water partition coefficient (Wildman–Crippen LogP) is 2.12. The van der Waals surface area contributed by atoms with E-state index in [0.29, 0.717) is 6.61 Å². The van der Waals surface area contributed by atoms with Gasteiger partial charge in [-0.1, -0.05) is 48.5 Å². The van der Waals surface area contributed by atoms with Gasteiger partial charge in [0.1, 0.15) is 6.23 Å². The summed E-state index contributed by atoms with van der Waals surface area (Å²) in [6, 6.07) is 16.6. The number of hydrogen-bond donors (Lipinski definition) is 1.